The number of carboxylic acid groups (broad SMARTS) is 1. The summed E-state index contributed by atoms with van der Waals surface area (Å²) in [6.07, 6.45) is 4.73. The number of nitrogens with zero attached hydrogens (tertiary/aromatic N) is 1. The third kappa shape index (κ3) is 6.53. The summed E-state index contributed by atoms with van der Waals surface area (Å²) in [5, 5.41) is 19.3. The highest BCUT2D eigenvalue weighted by molar-refractivity contribution is 7.80. The van der Waals surface area contributed by atoms with Gasteiger partial charge in [-0.05, 0) is 19.4 Å². The van der Waals surface area contributed by atoms with Gasteiger partial charge in [-0.1, -0.05) is 0 Å². The molecule has 0 radical (unpaired) electrons. The minimum atomic E-state index is -1.22. The normalized spacial score (nSPS) is 18.1. The number of H-pyrrole nitrogens is 1. The van der Waals surface area contributed by atoms with Crippen LogP contribution in [0.3, 0.4) is 0 Å². The molecule has 0 saturated carbocycles. The van der Waals surface area contributed by atoms with Crippen molar-refractivity contribution >= 4 is 36.3 Å². The molecule has 3 unspecified atom stereocenters. The molecule has 28 heavy (non-hydrogen) atoms. The molecule has 11 nitrogen and oxygen atoms in total. The van der Waals surface area contributed by atoms with Crippen LogP contribution in [0.1, 0.15) is 18.5 Å². The summed E-state index contributed by atoms with van der Waals surface area (Å²) in [7, 11) is 0. The number of aromatic nitrogens is 2. The van der Waals surface area contributed by atoms with Crippen LogP contribution in [-0.2, 0) is 25.6 Å². The van der Waals surface area contributed by atoms with Gasteiger partial charge < -0.3 is 31.4 Å². The maximum atomic E-state index is 12.5. The van der Waals surface area contributed by atoms with Crippen LogP contribution in [0.15, 0.2) is 12.5 Å². The number of hydrogen-bond donors (Lipinski definition) is 7. The maximum Gasteiger partial charge on any atom is 0.327 e. The molecule has 0 bridgehead atoms. The van der Waals surface area contributed by atoms with Crippen molar-refractivity contribution < 1.29 is 24.3 Å². The first-order valence-corrected chi connectivity index (χ1v) is 9.45. The smallest absolute Gasteiger partial charge is 0.327 e. The van der Waals surface area contributed by atoms with Gasteiger partial charge in [-0.2, -0.15) is 12.6 Å². The van der Waals surface area contributed by atoms with E-state index in [1.54, 1.807) is 0 Å². The quantitative estimate of drug-likeness (QED) is 0.214. The van der Waals surface area contributed by atoms with E-state index in [1.807, 2.05) is 0 Å². The summed E-state index contributed by atoms with van der Waals surface area (Å²) in [5.41, 5.74) is 0.644. The van der Waals surface area contributed by atoms with Gasteiger partial charge in [0.05, 0.1) is 18.9 Å². The van der Waals surface area contributed by atoms with Gasteiger partial charge in [0.1, 0.15) is 12.1 Å². The molecular formula is C16H24N6O5S. The second kappa shape index (κ2) is 10.7. The van der Waals surface area contributed by atoms with Gasteiger partial charge in [0.15, 0.2) is 0 Å². The number of rotatable bonds is 10. The number of thiol groups is 1. The number of carbonyl (C=O) groups excluding carboxylic acids is 3. The Kier molecular flexibility index (Phi) is 8.26. The zero-order valence-electron chi connectivity index (χ0n) is 15.1. The van der Waals surface area contributed by atoms with Crippen LogP contribution < -0.4 is 21.3 Å². The van der Waals surface area contributed by atoms with Crippen LogP contribution in [-0.4, -0.2) is 75.7 Å². The van der Waals surface area contributed by atoms with Crippen molar-refractivity contribution in [3.8, 4) is 0 Å². The lowest BCUT2D eigenvalue weighted by Gasteiger charge is -2.20. The van der Waals surface area contributed by atoms with Crippen LogP contribution in [0.4, 0.5) is 0 Å². The Bertz CT molecular complexity index is 692. The molecule has 1 fully saturated rings. The van der Waals surface area contributed by atoms with Crippen LogP contribution >= 0.6 is 12.6 Å². The number of carbonyl (C=O) groups is 4. The first-order valence-electron chi connectivity index (χ1n) is 8.82. The molecular weight excluding hydrogens is 388 g/mol. The maximum absolute atomic E-state index is 12.5. The number of amides is 3. The Labute approximate surface area is 166 Å². The summed E-state index contributed by atoms with van der Waals surface area (Å²) < 4.78 is 0. The molecule has 0 spiro atoms. The van der Waals surface area contributed by atoms with Crippen molar-refractivity contribution in [3.63, 3.8) is 0 Å². The van der Waals surface area contributed by atoms with Crippen molar-refractivity contribution in [2.24, 2.45) is 0 Å². The second-order valence-corrected chi connectivity index (χ2v) is 6.71. The molecule has 1 aromatic heterocycles. The van der Waals surface area contributed by atoms with Gasteiger partial charge in [0, 0.05) is 24.1 Å². The van der Waals surface area contributed by atoms with E-state index in [2.05, 4.69) is 43.9 Å². The standard InChI is InChI=1S/C16H24N6O5S/c23-13(21-12(7-28)16(26)27)6-19-14(24)11(4-9-5-17-8-20-9)22-15(25)10-2-1-3-18-10/h5,8,10-12,18,28H,1-4,6-7H2,(H,17,20)(H,19,24)(H,21,23)(H,22,25)(H,26,27). The van der Waals surface area contributed by atoms with Crippen LogP contribution in [0.2, 0.25) is 0 Å². The first kappa shape index (κ1) is 21.7. The largest absolute Gasteiger partial charge is 0.480 e. The number of aromatic amines is 1. The Morgan fingerprint density at radius 2 is 2.07 bits per heavy atom. The fourth-order valence-corrected chi connectivity index (χ4v) is 2.98. The monoisotopic (exact) mass is 412 g/mol. The topological polar surface area (TPSA) is 165 Å². The van der Waals surface area contributed by atoms with E-state index >= 15 is 0 Å². The van der Waals surface area contributed by atoms with E-state index in [4.69, 9.17) is 5.11 Å². The molecule has 3 atom stereocenters. The van der Waals surface area contributed by atoms with E-state index in [0.29, 0.717) is 12.1 Å². The Morgan fingerprint density at radius 3 is 2.64 bits per heavy atom. The number of imidazole rings is 1. The van der Waals surface area contributed by atoms with Crippen molar-refractivity contribution in [3.05, 3.63) is 18.2 Å². The van der Waals surface area contributed by atoms with Gasteiger partial charge in [-0.3, -0.25) is 14.4 Å². The van der Waals surface area contributed by atoms with E-state index in [0.717, 1.165) is 13.0 Å². The van der Waals surface area contributed by atoms with Gasteiger partial charge >= 0.3 is 5.97 Å². The van der Waals surface area contributed by atoms with Crippen molar-refractivity contribution in [1.82, 2.24) is 31.2 Å². The molecule has 6 N–H and O–H groups in total. The molecule has 1 aliphatic rings. The summed E-state index contributed by atoms with van der Waals surface area (Å²) in [5.74, 6) is -2.82. The molecule has 2 heterocycles. The highest BCUT2D eigenvalue weighted by Gasteiger charge is 2.28. The zero-order chi connectivity index (χ0) is 20.5. The summed E-state index contributed by atoms with van der Waals surface area (Å²) >= 11 is 3.85. The molecule has 2 rings (SSSR count). The van der Waals surface area contributed by atoms with Crippen LogP contribution in [0.5, 0.6) is 0 Å². The Hall–Kier alpha value is -2.60. The fourth-order valence-electron chi connectivity index (χ4n) is 2.73. The summed E-state index contributed by atoms with van der Waals surface area (Å²) in [6.45, 7) is 0.318. The van der Waals surface area contributed by atoms with Gasteiger partial charge in [0.25, 0.3) is 0 Å². The van der Waals surface area contributed by atoms with E-state index in [9.17, 15) is 19.2 Å². The Balaban J connectivity index is 1.93. The third-order valence-corrected chi connectivity index (χ3v) is 4.59. The predicted molar refractivity (Wildman–Crippen MR) is 102 cm³/mol. The second-order valence-electron chi connectivity index (χ2n) is 6.35. The van der Waals surface area contributed by atoms with Gasteiger partial charge in [-0.15, -0.1) is 0 Å². The van der Waals surface area contributed by atoms with Crippen molar-refractivity contribution in [1.29, 1.82) is 0 Å². The molecule has 1 aromatic rings. The fraction of sp³-hybridized carbons (Fsp3) is 0.562. The number of nitrogens with one attached hydrogen (secondary N) is 5. The minimum Gasteiger partial charge on any atom is -0.480 e. The predicted octanol–water partition coefficient (Wildman–Crippen LogP) is -2.20. The number of hydrogen-bond acceptors (Lipinski definition) is 7. The number of aliphatic carboxylic acids is 1. The van der Waals surface area contributed by atoms with Gasteiger partial charge in [0.2, 0.25) is 17.7 Å². The summed E-state index contributed by atoms with van der Waals surface area (Å²) in [6, 6.07) is -2.42. The molecule has 0 aromatic carbocycles. The van der Waals surface area contributed by atoms with E-state index in [1.165, 1.54) is 12.5 Å². The average Bonchev–Trinajstić information content (AvgIpc) is 3.37. The van der Waals surface area contributed by atoms with Crippen LogP contribution in [0.25, 0.3) is 0 Å². The summed E-state index contributed by atoms with van der Waals surface area (Å²) in [4.78, 5) is 54.4. The average molecular weight is 412 g/mol. The molecule has 3 amide bonds. The van der Waals surface area contributed by atoms with E-state index < -0.39 is 36.4 Å². The molecule has 1 aliphatic heterocycles. The lowest BCUT2D eigenvalue weighted by atomic mass is 10.1. The lowest BCUT2D eigenvalue weighted by molar-refractivity contribution is -0.141. The van der Waals surface area contributed by atoms with Crippen molar-refractivity contribution in [2.75, 3.05) is 18.8 Å². The number of carboxylic acids is 1. The molecule has 0 aliphatic carbocycles. The van der Waals surface area contributed by atoms with Gasteiger partial charge in [-0.25, -0.2) is 9.78 Å². The Morgan fingerprint density at radius 1 is 1.29 bits per heavy atom. The molecule has 154 valence electrons. The van der Waals surface area contributed by atoms with E-state index in [-0.39, 0.29) is 24.1 Å². The molecule has 1 saturated heterocycles. The highest BCUT2D eigenvalue weighted by atomic mass is 32.1. The minimum absolute atomic E-state index is 0.0814. The molecule has 12 heteroatoms. The van der Waals surface area contributed by atoms with Crippen molar-refractivity contribution in [2.45, 2.75) is 37.4 Å². The zero-order valence-corrected chi connectivity index (χ0v) is 16.0. The SMILES string of the molecule is O=C(CNC(=O)C(Cc1cnc[nH]1)NC(=O)C1CCCN1)NC(CS)C(=O)O. The third-order valence-electron chi connectivity index (χ3n) is 4.23. The van der Waals surface area contributed by atoms with Crippen LogP contribution in [0, 0.1) is 0 Å². The highest BCUT2D eigenvalue weighted by Crippen LogP contribution is 2.06. The first-order chi connectivity index (χ1) is 13.4. The lowest BCUT2D eigenvalue weighted by Crippen LogP contribution is -2.54.